The molecule has 21 heavy (non-hydrogen) atoms. The molecular weight excluding hydrogens is 260 g/mol. The van der Waals surface area contributed by atoms with Crippen molar-refractivity contribution in [2.24, 2.45) is 40.9 Å². The van der Waals surface area contributed by atoms with Crippen molar-refractivity contribution in [1.82, 2.24) is 0 Å². The molecule has 0 aromatic rings. The molecule has 0 unspecified atom stereocenters. The Labute approximate surface area is 126 Å². The number of ketones is 2. The molecule has 0 amide bonds. The van der Waals surface area contributed by atoms with E-state index in [1.54, 1.807) is 12.2 Å². The number of fused-ring (bicyclic) bond motifs is 10. The van der Waals surface area contributed by atoms with Gasteiger partial charge in [-0.2, -0.15) is 0 Å². The zero-order valence-corrected chi connectivity index (χ0v) is 12.6. The van der Waals surface area contributed by atoms with Crippen LogP contribution in [0, 0.1) is 40.9 Å². The first-order valence-electron chi connectivity index (χ1n) is 8.98. The van der Waals surface area contributed by atoms with Gasteiger partial charge in [-0.1, -0.05) is 25.7 Å². The zero-order valence-electron chi connectivity index (χ0n) is 12.6. The Kier molecular flexibility index (Phi) is 2.45. The van der Waals surface area contributed by atoms with E-state index in [0.717, 1.165) is 11.8 Å². The fourth-order valence-electron chi connectivity index (χ4n) is 7.19. The normalized spacial score (nSPS) is 54.3. The van der Waals surface area contributed by atoms with Gasteiger partial charge in [-0.25, -0.2) is 0 Å². The van der Waals surface area contributed by atoms with E-state index in [9.17, 15) is 9.59 Å². The van der Waals surface area contributed by atoms with Crippen LogP contribution in [0.3, 0.4) is 0 Å². The van der Waals surface area contributed by atoms with Crippen molar-refractivity contribution in [3.05, 3.63) is 12.2 Å². The predicted octanol–water partition coefficient (Wildman–Crippen LogP) is 3.55. The summed E-state index contributed by atoms with van der Waals surface area (Å²) in [6, 6.07) is 0. The molecule has 6 atom stereocenters. The lowest BCUT2D eigenvalue weighted by Crippen LogP contribution is -2.31. The second kappa shape index (κ2) is 4.08. The van der Waals surface area contributed by atoms with Crippen molar-refractivity contribution >= 4 is 11.6 Å². The Balaban J connectivity index is 1.62. The van der Waals surface area contributed by atoms with Crippen molar-refractivity contribution in [2.45, 2.75) is 51.4 Å². The lowest BCUT2D eigenvalue weighted by molar-refractivity contribution is -0.121. The molecule has 0 N–H and O–H groups in total. The van der Waals surface area contributed by atoms with Crippen LogP contribution < -0.4 is 0 Å². The van der Waals surface area contributed by atoms with Crippen LogP contribution in [0.25, 0.3) is 0 Å². The number of allylic oxidation sites excluding steroid dienone is 2. The van der Waals surface area contributed by atoms with E-state index in [-0.39, 0.29) is 28.8 Å². The van der Waals surface area contributed by atoms with Gasteiger partial charge in [0.25, 0.3) is 0 Å². The van der Waals surface area contributed by atoms with Crippen molar-refractivity contribution < 1.29 is 9.59 Å². The Morgan fingerprint density at radius 2 is 1.24 bits per heavy atom. The highest BCUT2D eigenvalue weighted by Gasteiger charge is 2.76. The van der Waals surface area contributed by atoms with Gasteiger partial charge in [-0.05, 0) is 66.9 Å². The lowest BCUT2D eigenvalue weighted by Gasteiger charge is -2.36. The molecule has 4 bridgehead atoms. The Bertz CT molecular complexity index is 498. The molecule has 5 rings (SSSR count). The van der Waals surface area contributed by atoms with E-state index >= 15 is 0 Å². The van der Waals surface area contributed by atoms with Crippen molar-refractivity contribution in [3.8, 4) is 0 Å². The van der Waals surface area contributed by atoms with Gasteiger partial charge in [0, 0.05) is 11.8 Å². The van der Waals surface area contributed by atoms with Crippen molar-refractivity contribution in [2.75, 3.05) is 0 Å². The van der Waals surface area contributed by atoms with E-state index < -0.39 is 0 Å². The smallest absolute Gasteiger partial charge is 0.160 e. The first kappa shape index (κ1) is 12.6. The molecule has 4 fully saturated rings. The molecule has 5 aliphatic rings. The summed E-state index contributed by atoms with van der Waals surface area (Å²) in [5, 5.41) is 0. The first-order chi connectivity index (χ1) is 10.2. The largest absolute Gasteiger partial charge is 0.294 e. The molecule has 112 valence electrons. The van der Waals surface area contributed by atoms with Crippen LogP contribution in [0.15, 0.2) is 12.2 Å². The van der Waals surface area contributed by atoms with Crippen LogP contribution in [-0.4, -0.2) is 11.6 Å². The van der Waals surface area contributed by atoms with Crippen molar-refractivity contribution in [1.29, 1.82) is 0 Å². The third kappa shape index (κ3) is 1.44. The topological polar surface area (TPSA) is 34.1 Å². The summed E-state index contributed by atoms with van der Waals surface area (Å²) >= 11 is 0. The number of hydrogen-bond acceptors (Lipinski definition) is 2. The molecule has 1 spiro atoms. The molecule has 2 heteroatoms. The second-order valence-electron chi connectivity index (χ2n) is 8.34. The summed E-state index contributed by atoms with van der Waals surface area (Å²) in [6.07, 6.45) is 13.8. The van der Waals surface area contributed by atoms with E-state index in [2.05, 4.69) is 0 Å². The van der Waals surface area contributed by atoms with Crippen molar-refractivity contribution in [3.63, 3.8) is 0 Å². The van der Waals surface area contributed by atoms with Gasteiger partial charge in [-0.15, -0.1) is 0 Å². The van der Waals surface area contributed by atoms with Gasteiger partial charge in [0.1, 0.15) is 0 Å². The summed E-state index contributed by atoms with van der Waals surface area (Å²) in [5.41, 5.74) is 0.0888. The SMILES string of the molecule is O=C1C=CC(=O)[C@H]2[C@H]1C21[C@@H]2CCC[C@H](C2)[C@H]2CCC[C@@H]1C2. The average molecular weight is 284 g/mol. The summed E-state index contributed by atoms with van der Waals surface area (Å²) < 4.78 is 0. The van der Waals surface area contributed by atoms with Crippen LogP contribution in [0.4, 0.5) is 0 Å². The monoisotopic (exact) mass is 284 g/mol. The predicted molar refractivity (Wildman–Crippen MR) is 79.5 cm³/mol. The molecule has 0 aromatic heterocycles. The molecule has 5 aliphatic carbocycles. The van der Waals surface area contributed by atoms with Gasteiger partial charge >= 0.3 is 0 Å². The van der Waals surface area contributed by atoms with Crippen LogP contribution in [-0.2, 0) is 9.59 Å². The summed E-state index contributed by atoms with van der Waals surface area (Å²) in [5.74, 6) is 3.79. The van der Waals surface area contributed by atoms with E-state index in [1.807, 2.05) is 0 Å². The van der Waals surface area contributed by atoms with Gasteiger partial charge < -0.3 is 0 Å². The summed E-state index contributed by atoms with van der Waals surface area (Å²) in [7, 11) is 0. The fourth-order valence-corrected chi connectivity index (χ4v) is 7.19. The third-order valence-corrected chi connectivity index (χ3v) is 7.84. The Hall–Kier alpha value is -0.920. The van der Waals surface area contributed by atoms with E-state index in [0.29, 0.717) is 11.8 Å². The van der Waals surface area contributed by atoms with Crippen LogP contribution >= 0.6 is 0 Å². The van der Waals surface area contributed by atoms with E-state index in [1.165, 1.54) is 51.4 Å². The molecule has 4 saturated carbocycles. The van der Waals surface area contributed by atoms with Crippen LogP contribution in [0.5, 0.6) is 0 Å². The lowest BCUT2D eigenvalue weighted by atomic mass is 9.68. The van der Waals surface area contributed by atoms with Gasteiger partial charge in [0.05, 0.1) is 0 Å². The van der Waals surface area contributed by atoms with E-state index in [4.69, 9.17) is 0 Å². The second-order valence-corrected chi connectivity index (χ2v) is 8.34. The Morgan fingerprint density at radius 3 is 1.71 bits per heavy atom. The molecular formula is C19H24O2. The van der Waals surface area contributed by atoms with Gasteiger partial charge in [-0.3, -0.25) is 9.59 Å². The molecule has 0 saturated heterocycles. The molecule has 0 heterocycles. The van der Waals surface area contributed by atoms with Gasteiger partial charge in [0.2, 0.25) is 0 Å². The summed E-state index contributed by atoms with van der Waals surface area (Å²) in [6.45, 7) is 0. The third-order valence-electron chi connectivity index (χ3n) is 7.84. The molecule has 0 aromatic carbocycles. The number of hydrogen-bond donors (Lipinski definition) is 0. The zero-order chi connectivity index (χ0) is 14.2. The minimum atomic E-state index is 0.0700. The molecule has 0 radical (unpaired) electrons. The number of carbonyl (C=O) groups is 2. The minimum absolute atomic E-state index is 0.0700. The number of carbonyl (C=O) groups excluding carboxylic acids is 2. The maximum atomic E-state index is 12.4. The van der Waals surface area contributed by atoms with Crippen LogP contribution in [0.2, 0.25) is 0 Å². The van der Waals surface area contributed by atoms with Gasteiger partial charge in [0.15, 0.2) is 11.6 Å². The maximum absolute atomic E-state index is 12.4. The highest BCUT2D eigenvalue weighted by Crippen LogP contribution is 2.75. The maximum Gasteiger partial charge on any atom is 0.160 e. The highest BCUT2D eigenvalue weighted by molar-refractivity contribution is 6.12. The summed E-state index contributed by atoms with van der Waals surface area (Å²) in [4.78, 5) is 24.9. The minimum Gasteiger partial charge on any atom is -0.294 e. The molecule has 0 aliphatic heterocycles. The Morgan fingerprint density at radius 1 is 0.762 bits per heavy atom. The number of rotatable bonds is 0. The standard InChI is InChI=1S/C19H24O2/c20-15-7-8-16(21)18-17(15)19(18)13-5-1-3-11(9-13)12-4-2-6-14(19)10-12/h7-8,11-14,17-18H,1-6,9-10H2/t11-,12+,13-,14-,17+,18+/m1/s1. The average Bonchev–Trinajstić information content (AvgIpc) is 3.24. The first-order valence-corrected chi connectivity index (χ1v) is 8.98. The fraction of sp³-hybridized carbons (Fsp3) is 0.789. The quantitative estimate of drug-likeness (QED) is 0.681. The molecule has 2 nitrogen and oxygen atoms in total. The van der Waals surface area contributed by atoms with Crippen LogP contribution in [0.1, 0.15) is 51.4 Å². The highest BCUT2D eigenvalue weighted by atomic mass is 16.1.